The van der Waals surface area contributed by atoms with Gasteiger partial charge in [0.2, 0.25) is 0 Å². The predicted molar refractivity (Wildman–Crippen MR) is 68.7 cm³/mol. The number of nitrogens with zero attached hydrogens (tertiary/aromatic N) is 1. The van der Waals surface area contributed by atoms with Crippen LogP contribution in [0.5, 0.6) is 0 Å². The summed E-state index contributed by atoms with van der Waals surface area (Å²) in [5.41, 5.74) is 0. The van der Waals surface area contributed by atoms with Crippen molar-refractivity contribution in [2.24, 2.45) is 4.99 Å². The zero-order chi connectivity index (χ0) is 10.2. The van der Waals surface area contributed by atoms with Gasteiger partial charge in [0, 0.05) is 13.1 Å². The molecule has 88 valence electrons. The highest BCUT2D eigenvalue weighted by Crippen LogP contribution is 1.94. The van der Waals surface area contributed by atoms with E-state index in [1.165, 1.54) is 0 Å². The van der Waals surface area contributed by atoms with Gasteiger partial charge in [-0.25, -0.2) is 0 Å². The number of hydrogen-bond donors (Lipinski definition) is 3. The molecule has 0 spiro atoms. The highest BCUT2D eigenvalue weighted by Gasteiger charge is 2.10. The molecule has 0 saturated heterocycles. The van der Waals surface area contributed by atoms with Crippen LogP contribution >= 0.6 is 17.0 Å². The summed E-state index contributed by atoms with van der Waals surface area (Å²) in [6.07, 6.45) is 4.95. The van der Waals surface area contributed by atoms with E-state index < -0.39 is 0 Å². The van der Waals surface area contributed by atoms with Crippen molar-refractivity contribution in [1.29, 1.82) is 0 Å². The fourth-order valence-corrected chi connectivity index (χ4v) is 1.27. The molecule has 0 saturated carbocycles. The Morgan fingerprint density at radius 2 is 2.40 bits per heavy atom. The van der Waals surface area contributed by atoms with Crippen LogP contribution in [0.3, 0.4) is 0 Å². The Morgan fingerprint density at radius 1 is 1.60 bits per heavy atom. The lowest BCUT2D eigenvalue weighted by Gasteiger charge is -2.19. The molecule has 5 heteroatoms. The molecule has 1 aliphatic rings. The average molecular weight is 278 g/mol. The van der Waals surface area contributed by atoms with Gasteiger partial charge in [0.1, 0.15) is 0 Å². The summed E-state index contributed by atoms with van der Waals surface area (Å²) in [5, 5.41) is 15.4. The normalized spacial score (nSPS) is 19.5. The molecule has 1 aliphatic heterocycles. The maximum absolute atomic E-state index is 9.16. The molecule has 0 amide bonds. The van der Waals surface area contributed by atoms with E-state index >= 15 is 0 Å². The minimum Gasteiger partial charge on any atom is -0.389 e. The number of rotatable bonds is 5. The molecule has 0 aromatic heterocycles. The van der Waals surface area contributed by atoms with Crippen molar-refractivity contribution in [3.63, 3.8) is 0 Å². The van der Waals surface area contributed by atoms with Gasteiger partial charge in [-0.05, 0) is 19.3 Å². The maximum atomic E-state index is 9.16. The fourth-order valence-electron chi connectivity index (χ4n) is 1.27. The standard InChI is InChI=1S/C10H19N3O.BrH/c1-2-3-4-5-6-11-10-12-7-9(14)8-13-10;/h2,9,14H,1,3-8H2,(H2,11,12,13);1H. The minimum atomic E-state index is -0.332. The van der Waals surface area contributed by atoms with Gasteiger partial charge in [0.25, 0.3) is 0 Å². The van der Waals surface area contributed by atoms with Gasteiger partial charge in [-0.2, -0.15) is 0 Å². The van der Waals surface area contributed by atoms with Crippen LogP contribution in [0.15, 0.2) is 17.6 Å². The van der Waals surface area contributed by atoms with Gasteiger partial charge >= 0.3 is 0 Å². The second kappa shape index (κ2) is 8.73. The van der Waals surface area contributed by atoms with Crippen molar-refractivity contribution in [2.45, 2.75) is 25.4 Å². The molecule has 0 bridgehead atoms. The summed E-state index contributed by atoms with van der Waals surface area (Å²) >= 11 is 0. The number of allylic oxidation sites excluding steroid dienone is 1. The number of β-amino-alcohol motifs (C(OH)–C–C–N with tert-alkyl or cyclic N) is 1. The smallest absolute Gasteiger partial charge is 0.191 e. The quantitative estimate of drug-likeness (QED) is 0.516. The number of aliphatic hydroxyl groups excluding tert-OH is 1. The van der Waals surface area contributed by atoms with Crippen LogP contribution in [0.2, 0.25) is 0 Å². The van der Waals surface area contributed by atoms with Crippen molar-refractivity contribution in [2.75, 3.05) is 19.6 Å². The Morgan fingerprint density at radius 3 is 3.00 bits per heavy atom. The molecule has 1 rings (SSSR count). The Hall–Kier alpha value is -0.550. The molecule has 4 nitrogen and oxygen atoms in total. The summed E-state index contributed by atoms with van der Waals surface area (Å²) < 4.78 is 0. The lowest BCUT2D eigenvalue weighted by Crippen LogP contribution is -2.46. The van der Waals surface area contributed by atoms with Crippen LogP contribution in [0, 0.1) is 0 Å². The molecular weight excluding hydrogens is 258 g/mol. The molecule has 0 aromatic carbocycles. The lowest BCUT2D eigenvalue weighted by molar-refractivity contribution is 0.180. The van der Waals surface area contributed by atoms with E-state index in [2.05, 4.69) is 22.2 Å². The van der Waals surface area contributed by atoms with Gasteiger partial charge in [-0.3, -0.25) is 4.99 Å². The molecule has 1 heterocycles. The highest BCUT2D eigenvalue weighted by atomic mass is 79.9. The number of unbranched alkanes of at least 4 members (excludes halogenated alkanes) is 2. The van der Waals surface area contributed by atoms with E-state index in [9.17, 15) is 0 Å². The third-order valence-corrected chi connectivity index (χ3v) is 2.09. The minimum absolute atomic E-state index is 0. The second-order valence-electron chi connectivity index (χ2n) is 3.44. The van der Waals surface area contributed by atoms with Crippen LogP contribution in [0.1, 0.15) is 19.3 Å². The first-order valence-electron chi connectivity index (χ1n) is 5.14. The molecule has 0 aromatic rings. The predicted octanol–water partition coefficient (Wildman–Crippen LogP) is 0.830. The Balaban J connectivity index is 0.00000196. The number of aliphatic imine (C=N–C) groups is 1. The van der Waals surface area contributed by atoms with Crippen molar-refractivity contribution >= 4 is 22.9 Å². The summed E-state index contributed by atoms with van der Waals surface area (Å²) in [5.74, 6) is 0.814. The summed E-state index contributed by atoms with van der Waals surface area (Å²) in [6.45, 7) is 5.70. The monoisotopic (exact) mass is 277 g/mol. The van der Waals surface area contributed by atoms with E-state index in [1.54, 1.807) is 0 Å². The third-order valence-electron chi connectivity index (χ3n) is 2.09. The Kier molecular flexibility index (Phi) is 8.41. The zero-order valence-electron chi connectivity index (χ0n) is 8.91. The zero-order valence-corrected chi connectivity index (χ0v) is 10.6. The van der Waals surface area contributed by atoms with Crippen molar-refractivity contribution in [1.82, 2.24) is 10.6 Å². The summed E-state index contributed by atoms with van der Waals surface area (Å²) in [6, 6.07) is 0. The van der Waals surface area contributed by atoms with E-state index in [4.69, 9.17) is 5.11 Å². The molecule has 3 N–H and O–H groups in total. The van der Waals surface area contributed by atoms with E-state index in [0.717, 1.165) is 31.8 Å². The van der Waals surface area contributed by atoms with Crippen LogP contribution in [0.25, 0.3) is 0 Å². The van der Waals surface area contributed by atoms with Gasteiger partial charge in [0.05, 0.1) is 12.6 Å². The van der Waals surface area contributed by atoms with Crippen molar-refractivity contribution in [3.05, 3.63) is 12.7 Å². The SMILES string of the molecule is Br.C=CCCCCNC1=NCC(O)CN1. The van der Waals surface area contributed by atoms with Crippen LogP contribution in [0.4, 0.5) is 0 Å². The van der Waals surface area contributed by atoms with Crippen molar-refractivity contribution in [3.8, 4) is 0 Å². The van der Waals surface area contributed by atoms with Gasteiger partial charge in [-0.1, -0.05) is 6.08 Å². The molecule has 0 radical (unpaired) electrons. The Bertz CT molecular complexity index is 209. The van der Waals surface area contributed by atoms with Crippen LogP contribution in [-0.4, -0.2) is 36.8 Å². The van der Waals surface area contributed by atoms with Crippen LogP contribution < -0.4 is 10.6 Å². The number of guanidine groups is 1. The second-order valence-corrected chi connectivity index (χ2v) is 3.44. The number of halogens is 1. The largest absolute Gasteiger partial charge is 0.389 e. The molecule has 15 heavy (non-hydrogen) atoms. The van der Waals surface area contributed by atoms with Gasteiger partial charge < -0.3 is 15.7 Å². The number of nitrogens with one attached hydrogen (secondary N) is 2. The van der Waals surface area contributed by atoms with Gasteiger partial charge in [0.15, 0.2) is 5.96 Å². The third kappa shape index (κ3) is 6.52. The molecule has 1 unspecified atom stereocenters. The molecule has 1 atom stereocenters. The number of aliphatic hydroxyl groups is 1. The van der Waals surface area contributed by atoms with E-state index in [1.807, 2.05) is 6.08 Å². The first kappa shape index (κ1) is 14.5. The van der Waals surface area contributed by atoms with Gasteiger partial charge in [-0.15, -0.1) is 23.6 Å². The Labute approximate surface area is 102 Å². The van der Waals surface area contributed by atoms with E-state index in [-0.39, 0.29) is 23.1 Å². The summed E-state index contributed by atoms with van der Waals surface area (Å²) in [7, 11) is 0. The van der Waals surface area contributed by atoms with Crippen molar-refractivity contribution < 1.29 is 5.11 Å². The number of hydrogen-bond acceptors (Lipinski definition) is 4. The average Bonchev–Trinajstić information content (AvgIpc) is 2.21. The molecular formula is C10H20BrN3O. The maximum Gasteiger partial charge on any atom is 0.191 e. The first-order valence-corrected chi connectivity index (χ1v) is 5.14. The lowest BCUT2D eigenvalue weighted by atomic mass is 10.2. The highest BCUT2D eigenvalue weighted by molar-refractivity contribution is 8.93. The van der Waals surface area contributed by atoms with E-state index in [0.29, 0.717) is 13.1 Å². The topological polar surface area (TPSA) is 56.7 Å². The first-order chi connectivity index (χ1) is 6.83. The van der Waals surface area contributed by atoms with Crippen LogP contribution in [-0.2, 0) is 0 Å². The fraction of sp³-hybridized carbons (Fsp3) is 0.700. The molecule has 0 fully saturated rings. The summed E-state index contributed by atoms with van der Waals surface area (Å²) in [4.78, 5) is 4.15. The molecule has 0 aliphatic carbocycles.